The molecule has 0 aliphatic heterocycles. The van der Waals surface area contributed by atoms with Gasteiger partial charge in [0, 0.05) is 10.9 Å². The van der Waals surface area contributed by atoms with Crippen molar-refractivity contribution >= 4 is 23.0 Å². The maximum absolute atomic E-state index is 9.67. The average Bonchev–Trinajstić information content (AvgIpc) is 3.11. The second kappa shape index (κ2) is 7.20. The first-order valence-electron chi connectivity index (χ1n) is 7.62. The van der Waals surface area contributed by atoms with Crippen molar-refractivity contribution in [1.29, 1.82) is 5.26 Å². The smallest absolute Gasteiger partial charge is 0.161 e. The molecule has 5 heteroatoms. The zero-order valence-electron chi connectivity index (χ0n) is 13.9. The lowest BCUT2D eigenvalue weighted by Crippen LogP contribution is -1.86. The fourth-order valence-electron chi connectivity index (χ4n) is 2.35. The third-order valence-electron chi connectivity index (χ3n) is 3.72. The number of aromatic nitrogens is 1. The second-order valence-electron chi connectivity index (χ2n) is 5.51. The minimum atomic E-state index is 0.0639. The van der Waals surface area contributed by atoms with Crippen LogP contribution in [0, 0.1) is 18.3 Å². The van der Waals surface area contributed by atoms with Crippen LogP contribution in [-0.4, -0.2) is 17.2 Å². The number of methoxy groups -OCH3 is 1. The van der Waals surface area contributed by atoms with Crippen molar-refractivity contribution in [3.63, 3.8) is 0 Å². The van der Waals surface area contributed by atoms with Gasteiger partial charge in [0.15, 0.2) is 11.5 Å². The highest BCUT2D eigenvalue weighted by Crippen LogP contribution is 2.30. The molecule has 25 heavy (non-hydrogen) atoms. The van der Waals surface area contributed by atoms with Gasteiger partial charge in [0.2, 0.25) is 0 Å². The summed E-state index contributed by atoms with van der Waals surface area (Å²) in [6.07, 6.45) is 1.74. The molecule has 0 radical (unpaired) electrons. The molecule has 1 N–H and O–H groups in total. The van der Waals surface area contributed by atoms with E-state index in [1.54, 1.807) is 24.3 Å². The van der Waals surface area contributed by atoms with Crippen molar-refractivity contribution in [2.75, 3.05) is 7.11 Å². The van der Waals surface area contributed by atoms with Crippen LogP contribution in [0.2, 0.25) is 0 Å². The Hall–Kier alpha value is -3.10. The number of hydrogen-bond acceptors (Lipinski definition) is 5. The van der Waals surface area contributed by atoms with Crippen molar-refractivity contribution in [2.45, 2.75) is 6.92 Å². The van der Waals surface area contributed by atoms with E-state index in [9.17, 15) is 10.4 Å². The first-order chi connectivity index (χ1) is 12.1. The topological polar surface area (TPSA) is 66.1 Å². The number of ether oxygens (including phenoxy) is 1. The molecular formula is C20H16N2O2S. The number of phenolic OH excluding ortho intramolecular Hbond substituents is 1. The first-order valence-corrected chi connectivity index (χ1v) is 8.50. The van der Waals surface area contributed by atoms with Crippen LogP contribution in [0.4, 0.5) is 0 Å². The summed E-state index contributed by atoms with van der Waals surface area (Å²) in [6.45, 7) is 2.04. The lowest BCUT2D eigenvalue weighted by atomic mass is 10.1. The molecule has 0 aliphatic carbocycles. The Labute approximate surface area is 150 Å². The van der Waals surface area contributed by atoms with Crippen LogP contribution in [0.5, 0.6) is 11.5 Å². The predicted molar refractivity (Wildman–Crippen MR) is 100 cm³/mol. The molecule has 3 aromatic rings. The van der Waals surface area contributed by atoms with Crippen LogP contribution < -0.4 is 4.74 Å². The van der Waals surface area contributed by atoms with Crippen LogP contribution in [0.25, 0.3) is 22.9 Å². The zero-order chi connectivity index (χ0) is 17.8. The van der Waals surface area contributed by atoms with Gasteiger partial charge in [-0.15, -0.1) is 11.3 Å². The number of thiazole rings is 1. The first kappa shape index (κ1) is 16.7. The normalized spacial score (nSPS) is 11.2. The number of aryl methyl sites for hydroxylation is 1. The summed E-state index contributed by atoms with van der Waals surface area (Å²) in [6, 6.07) is 15.3. The largest absolute Gasteiger partial charge is 0.504 e. The molecule has 3 rings (SSSR count). The Morgan fingerprint density at radius 2 is 2.00 bits per heavy atom. The molecular weight excluding hydrogens is 332 g/mol. The Bertz CT molecular complexity index is 966. The van der Waals surface area contributed by atoms with Gasteiger partial charge in [-0.2, -0.15) is 5.26 Å². The summed E-state index contributed by atoms with van der Waals surface area (Å²) < 4.78 is 5.10. The van der Waals surface area contributed by atoms with Gasteiger partial charge in [-0.3, -0.25) is 0 Å². The maximum Gasteiger partial charge on any atom is 0.161 e. The second-order valence-corrected chi connectivity index (χ2v) is 6.36. The molecule has 0 unspecified atom stereocenters. The molecule has 1 aromatic heterocycles. The van der Waals surface area contributed by atoms with Crippen LogP contribution in [0.15, 0.2) is 47.8 Å². The Balaban J connectivity index is 1.94. The monoisotopic (exact) mass is 348 g/mol. The zero-order valence-corrected chi connectivity index (χ0v) is 14.7. The van der Waals surface area contributed by atoms with E-state index in [0.29, 0.717) is 16.3 Å². The highest BCUT2D eigenvalue weighted by Gasteiger charge is 2.10. The minimum absolute atomic E-state index is 0.0639. The van der Waals surface area contributed by atoms with E-state index in [1.807, 2.05) is 36.6 Å². The van der Waals surface area contributed by atoms with Crippen molar-refractivity contribution in [3.05, 3.63) is 64.0 Å². The number of hydrogen-bond donors (Lipinski definition) is 1. The molecule has 0 atom stereocenters. The van der Waals surface area contributed by atoms with Gasteiger partial charge >= 0.3 is 0 Å². The summed E-state index contributed by atoms with van der Waals surface area (Å²) in [5.41, 5.74) is 4.30. The van der Waals surface area contributed by atoms with Crippen molar-refractivity contribution in [3.8, 4) is 28.8 Å². The number of aromatic hydroxyl groups is 1. The van der Waals surface area contributed by atoms with Gasteiger partial charge in [-0.25, -0.2) is 4.98 Å². The average molecular weight is 348 g/mol. The van der Waals surface area contributed by atoms with Crippen LogP contribution >= 0.6 is 11.3 Å². The standard InChI is InChI=1S/C20H16N2O2S/c1-13-3-6-15(7-4-13)17-12-25-20(22-17)16(11-21)9-14-5-8-18(23)19(10-14)24-2/h3-10,12,23H,1-2H3. The van der Waals surface area contributed by atoms with Gasteiger partial charge in [0.25, 0.3) is 0 Å². The molecule has 0 bridgehead atoms. The van der Waals surface area contributed by atoms with Crippen molar-refractivity contribution < 1.29 is 9.84 Å². The third kappa shape index (κ3) is 3.70. The minimum Gasteiger partial charge on any atom is -0.504 e. The van der Waals surface area contributed by atoms with Crippen molar-refractivity contribution in [2.24, 2.45) is 0 Å². The SMILES string of the molecule is COc1cc(C=C(C#N)c2nc(-c3ccc(C)cc3)cs2)ccc1O. The Morgan fingerprint density at radius 1 is 1.24 bits per heavy atom. The molecule has 2 aromatic carbocycles. The number of rotatable bonds is 4. The number of benzene rings is 2. The van der Waals surface area contributed by atoms with E-state index in [0.717, 1.165) is 16.8 Å². The summed E-state index contributed by atoms with van der Waals surface area (Å²) >= 11 is 1.43. The molecule has 0 fully saturated rings. The highest BCUT2D eigenvalue weighted by atomic mass is 32.1. The lowest BCUT2D eigenvalue weighted by molar-refractivity contribution is 0.373. The van der Waals surface area contributed by atoms with Crippen LogP contribution in [0.3, 0.4) is 0 Å². The van der Waals surface area contributed by atoms with Gasteiger partial charge < -0.3 is 9.84 Å². The van der Waals surface area contributed by atoms with E-state index in [4.69, 9.17) is 4.74 Å². The summed E-state index contributed by atoms with van der Waals surface area (Å²) in [5.74, 6) is 0.430. The number of phenols is 1. The predicted octanol–water partition coefficient (Wildman–Crippen LogP) is 4.90. The molecule has 4 nitrogen and oxygen atoms in total. The molecule has 124 valence electrons. The quantitative estimate of drug-likeness (QED) is 0.681. The van der Waals surface area contributed by atoms with E-state index < -0.39 is 0 Å². The van der Waals surface area contributed by atoms with Gasteiger partial charge in [-0.1, -0.05) is 35.9 Å². The fourth-order valence-corrected chi connectivity index (χ4v) is 3.14. The summed E-state index contributed by atoms with van der Waals surface area (Å²) in [7, 11) is 1.49. The summed E-state index contributed by atoms with van der Waals surface area (Å²) in [5, 5.41) is 21.8. The van der Waals surface area contributed by atoms with Crippen molar-refractivity contribution in [1.82, 2.24) is 4.98 Å². The molecule has 0 spiro atoms. The lowest BCUT2D eigenvalue weighted by Gasteiger charge is -2.04. The Kier molecular flexibility index (Phi) is 4.82. The number of nitriles is 1. The van der Waals surface area contributed by atoms with Crippen LogP contribution in [0.1, 0.15) is 16.1 Å². The highest BCUT2D eigenvalue weighted by molar-refractivity contribution is 7.11. The molecule has 0 aliphatic rings. The number of allylic oxidation sites excluding steroid dienone is 1. The van der Waals surface area contributed by atoms with Gasteiger partial charge in [0.1, 0.15) is 11.1 Å². The van der Waals surface area contributed by atoms with Gasteiger partial charge in [0.05, 0.1) is 18.4 Å². The van der Waals surface area contributed by atoms with Gasteiger partial charge in [-0.05, 0) is 30.7 Å². The fraction of sp³-hybridized carbons (Fsp3) is 0.100. The van der Waals surface area contributed by atoms with Crippen LogP contribution in [-0.2, 0) is 0 Å². The third-order valence-corrected chi connectivity index (χ3v) is 4.59. The molecule has 1 heterocycles. The Morgan fingerprint density at radius 3 is 2.68 bits per heavy atom. The van der Waals surface area contributed by atoms with E-state index in [1.165, 1.54) is 24.0 Å². The maximum atomic E-state index is 9.67. The summed E-state index contributed by atoms with van der Waals surface area (Å²) in [4.78, 5) is 4.58. The molecule has 0 amide bonds. The van der Waals surface area contributed by atoms with E-state index in [-0.39, 0.29) is 5.75 Å². The van der Waals surface area contributed by atoms with E-state index >= 15 is 0 Å². The van der Waals surface area contributed by atoms with E-state index in [2.05, 4.69) is 11.1 Å². The number of nitrogens with zero attached hydrogens (tertiary/aromatic N) is 2. The molecule has 0 saturated carbocycles. The molecule has 0 saturated heterocycles.